The van der Waals surface area contributed by atoms with Crippen LogP contribution in [0.5, 0.6) is 11.5 Å². The minimum atomic E-state index is -0.0270. The minimum absolute atomic E-state index is 0.0270. The Labute approximate surface area is 153 Å². The van der Waals surface area contributed by atoms with Crippen LogP contribution in [-0.2, 0) is 13.2 Å². The molecule has 2 aromatic carbocycles. The van der Waals surface area contributed by atoms with Crippen molar-refractivity contribution in [1.82, 2.24) is 10.2 Å². The Morgan fingerprint density at radius 3 is 2.62 bits per heavy atom. The number of amides is 1. The van der Waals surface area contributed by atoms with Gasteiger partial charge in [-0.1, -0.05) is 18.2 Å². The van der Waals surface area contributed by atoms with Gasteiger partial charge in [0.05, 0.1) is 0 Å². The molecule has 0 atom stereocenters. The van der Waals surface area contributed by atoms with Crippen LogP contribution in [0.4, 0.5) is 0 Å². The number of hydrogen-bond donors (Lipinski definition) is 1. The molecule has 5 nitrogen and oxygen atoms in total. The van der Waals surface area contributed by atoms with Gasteiger partial charge < -0.3 is 14.8 Å². The van der Waals surface area contributed by atoms with Crippen molar-refractivity contribution in [1.29, 1.82) is 0 Å². The Balaban J connectivity index is 1.29. The van der Waals surface area contributed by atoms with Gasteiger partial charge in [0, 0.05) is 24.2 Å². The lowest BCUT2D eigenvalue weighted by atomic mass is 10.1. The number of hydrogen-bond acceptors (Lipinski definition) is 4. The largest absolute Gasteiger partial charge is 0.492 e. The Kier molecular flexibility index (Phi) is 5.07. The standard InChI is InChI=1S/C21H24N2O3/c24-21-18-4-3-5-20(19(18)14-22-21)26-15-16-6-8-17(9-7-16)25-13-12-23-10-1-2-11-23/h3-9H,1-2,10-15H2,(H,22,24). The molecule has 0 bridgehead atoms. The molecule has 2 aliphatic rings. The predicted molar refractivity (Wildman–Crippen MR) is 99.6 cm³/mol. The van der Waals surface area contributed by atoms with E-state index in [9.17, 15) is 4.79 Å². The zero-order chi connectivity index (χ0) is 17.8. The van der Waals surface area contributed by atoms with Gasteiger partial charge in [0.1, 0.15) is 24.7 Å². The molecule has 26 heavy (non-hydrogen) atoms. The van der Waals surface area contributed by atoms with E-state index in [2.05, 4.69) is 10.2 Å². The molecule has 136 valence electrons. The maximum atomic E-state index is 11.7. The van der Waals surface area contributed by atoms with Gasteiger partial charge in [0.2, 0.25) is 0 Å². The molecule has 5 heteroatoms. The second-order valence-corrected chi connectivity index (χ2v) is 6.79. The van der Waals surface area contributed by atoms with E-state index in [0.717, 1.165) is 35.8 Å². The Morgan fingerprint density at radius 2 is 1.81 bits per heavy atom. The van der Waals surface area contributed by atoms with Crippen LogP contribution in [0.2, 0.25) is 0 Å². The highest BCUT2D eigenvalue weighted by Crippen LogP contribution is 2.27. The molecule has 1 fully saturated rings. The highest BCUT2D eigenvalue weighted by molar-refractivity contribution is 5.99. The Bertz CT molecular complexity index is 767. The van der Waals surface area contributed by atoms with E-state index in [-0.39, 0.29) is 5.91 Å². The molecule has 0 aromatic heterocycles. The van der Waals surface area contributed by atoms with E-state index >= 15 is 0 Å². The lowest BCUT2D eigenvalue weighted by Crippen LogP contribution is -2.25. The molecule has 1 amide bonds. The predicted octanol–water partition coefficient (Wildman–Crippen LogP) is 2.98. The smallest absolute Gasteiger partial charge is 0.252 e. The van der Waals surface area contributed by atoms with Gasteiger partial charge in [-0.25, -0.2) is 0 Å². The van der Waals surface area contributed by atoms with Crippen molar-refractivity contribution in [2.24, 2.45) is 0 Å². The highest BCUT2D eigenvalue weighted by atomic mass is 16.5. The summed E-state index contributed by atoms with van der Waals surface area (Å²) in [5, 5.41) is 2.83. The first-order valence-corrected chi connectivity index (χ1v) is 9.26. The van der Waals surface area contributed by atoms with E-state index in [1.165, 1.54) is 25.9 Å². The summed E-state index contributed by atoms with van der Waals surface area (Å²) in [4.78, 5) is 14.2. The highest BCUT2D eigenvalue weighted by Gasteiger charge is 2.21. The average molecular weight is 352 g/mol. The first kappa shape index (κ1) is 16.9. The van der Waals surface area contributed by atoms with Crippen molar-refractivity contribution >= 4 is 5.91 Å². The summed E-state index contributed by atoms with van der Waals surface area (Å²) in [6, 6.07) is 13.6. The number of carbonyl (C=O) groups excluding carboxylic acids is 1. The second kappa shape index (κ2) is 7.79. The molecule has 2 aromatic rings. The first-order chi connectivity index (χ1) is 12.8. The fourth-order valence-corrected chi connectivity index (χ4v) is 3.50. The van der Waals surface area contributed by atoms with Crippen LogP contribution in [0.3, 0.4) is 0 Å². The third-order valence-corrected chi connectivity index (χ3v) is 5.00. The van der Waals surface area contributed by atoms with Gasteiger partial charge in [-0.2, -0.15) is 0 Å². The van der Waals surface area contributed by atoms with Crippen LogP contribution in [0, 0.1) is 0 Å². The maximum absolute atomic E-state index is 11.7. The van der Waals surface area contributed by atoms with Crippen molar-refractivity contribution in [3.8, 4) is 11.5 Å². The number of nitrogens with zero attached hydrogens (tertiary/aromatic N) is 1. The molecule has 1 N–H and O–H groups in total. The fraction of sp³-hybridized carbons (Fsp3) is 0.381. The van der Waals surface area contributed by atoms with Gasteiger partial charge in [-0.05, 0) is 55.8 Å². The van der Waals surface area contributed by atoms with E-state index in [0.29, 0.717) is 18.7 Å². The summed E-state index contributed by atoms with van der Waals surface area (Å²) >= 11 is 0. The molecule has 2 heterocycles. The fourth-order valence-electron chi connectivity index (χ4n) is 3.50. The lowest BCUT2D eigenvalue weighted by Gasteiger charge is -2.15. The van der Waals surface area contributed by atoms with Gasteiger partial charge in [0.15, 0.2) is 0 Å². The number of ether oxygens (including phenoxy) is 2. The molecule has 0 radical (unpaired) electrons. The van der Waals surface area contributed by atoms with Gasteiger partial charge in [-0.3, -0.25) is 9.69 Å². The molecule has 4 rings (SSSR count). The topological polar surface area (TPSA) is 50.8 Å². The monoisotopic (exact) mass is 352 g/mol. The van der Waals surface area contributed by atoms with Crippen molar-refractivity contribution in [3.63, 3.8) is 0 Å². The minimum Gasteiger partial charge on any atom is -0.492 e. The lowest BCUT2D eigenvalue weighted by molar-refractivity contribution is 0.0965. The summed E-state index contributed by atoms with van der Waals surface area (Å²) in [5.74, 6) is 1.64. The molecule has 1 saturated heterocycles. The summed E-state index contributed by atoms with van der Waals surface area (Å²) < 4.78 is 11.8. The number of fused-ring (bicyclic) bond motifs is 1. The van der Waals surface area contributed by atoms with Gasteiger partial charge in [0.25, 0.3) is 5.91 Å². The van der Waals surface area contributed by atoms with Crippen LogP contribution >= 0.6 is 0 Å². The molecule has 0 unspecified atom stereocenters. The normalized spacial score (nSPS) is 16.4. The second-order valence-electron chi connectivity index (χ2n) is 6.79. The first-order valence-electron chi connectivity index (χ1n) is 9.26. The van der Waals surface area contributed by atoms with Crippen LogP contribution in [-0.4, -0.2) is 37.0 Å². The molecular weight excluding hydrogens is 328 g/mol. The molecular formula is C21H24N2O3. The van der Waals surface area contributed by atoms with E-state index in [1.807, 2.05) is 42.5 Å². The van der Waals surface area contributed by atoms with Crippen molar-refractivity contribution in [3.05, 3.63) is 59.2 Å². The average Bonchev–Trinajstić information content (AvgIpc) is 3.32. The number of benzene rings is 2. The number of rotatable bonds is 7. The van der Waals surface area contributed by atoms with Crippen LogP contribution < -0.4 is 14.8 Å². The third-order valence-electron chi connectivity index (χ3n) is 5.00. The number of nitrogens with one attached hydrogen (secondary N) is 1. The zero-order valence-electron chi connectivity index (χ0n) is 14.9. The SMILES string of the molecule is O=C1NCc2c(OCc3ccc(OCCN4CCCC4)cc3)cccc21. The summed E-state index contributed by atoms with van der Waals surface area (Å²) in [7, 11) is 0. The van der Waals surface area contributed by atoms with Crippen LogP contribution in [0.15, 0.2) is 42.5 Å². The van der Waals surface area contributed by atoms with Crippen molar-refractivity contribution in [2.45, 2.75) is 26.0 Å². The number of likely N-dealkylation sites (tertiary alicyclic amines) is 1. The summed E-state index contributed by atoms with van der Waals surface area (Å²) in [5.41, 5.74) is 2.73. The van der Waals surface area contributed by atoms with Crippen LogP contribution in [0.1, 0.15) is 34.3 Å². The zero-order valence-corrected chi connectivity index (χ0v) is 14.9. The van der Waals surface area contributed by atoms with E-state index < -0.39 is 0 Å². The Morgan fingerprint density at radius 1 is 1.00 bits per heavy atom. The van der Waals surface area contributed by atoms with E-state index in [1.54, 1.807) is 0 Å². The molecule has 0 aliphatic carbocycles. The number of carbonyl (C=O) groups is 1. The van der Waals surface area contributed by atoms with E-state index in [4.69, 9.17) is 9.47 Å². The quantitative estimate of drug-likeness (QED) is 0.832. The van der Waals surface area contributed by atoms with Gasteiger partial charge in [-0.15, -0.1) is 0 Å². The summed E-state index contributed by atoms with van der Waals surface area (Å²) in [6.45, 7) is 5.13. The van der Waals surface area contributed by atoms with Crippen molar-refractivity contribution in [2.75, 3.05) is 26.2 Å². The molecule has 0 saturated carbocycles. The molecule has 2 aliphatic heterocycles. The summed E-state index contributed by atoms with van der Waals surface area (Å²) in [6.07, 6.45) is 2.62. The molecule has 0 spiro atoms. The van der Waals surface area contributed by atoms with Gasteiger partial charge >= 0.3 is 0 Å². The maximum Gasteiger partial charge on any atom is 0.252 e. The third kappa shape index (κ3) is 3.83. The Hall–Kier alpha value is -2.53. The van der Waals surface area contributed by atoms with Crippen molar-refractivity contribution < 1.29 is 14.3 Å². The van der Waals surface area contributed by atoms with Crippen LogP contribution in [0.25, 0.3) is 0 Å².